The fourth-order valence-electron chi connectivity index (χ4n) is 2.41. The Bertz CT molecular complexity index is 499. The van der Waals surface area contributed by atoms with E-state index in [4.69, 9.17) is 0 Å². The molecule has 7 nitrogen and oxygen atoms in total. The van der Waals surface area contributed by atoms with Crippen LogP contribution in [0.4, 0.5) is 0 Å². The molecule has 1 aliphatic heterocycles. The van der Waals surface area contributed by atoms with Crippen molar-refractivity contribution in [3.8, 4) is 0 Å². The highest BCUT2D eigenvalue weighted by molar-refractivity contribution is 7.90. The highest BCUT2D eigenvalue weighted by atomic mass is 32.2. The molecule has 1 heterocycles. The second kappa shape index (κ2) is 9.75. The molecular formula is C15H30N4O3S. The van der Waals surface area contributed by atoms with Crippen LogP contribution in [0.15, 0.2) is 4.99 Å². The summed E-state index contributed by atoms with van der Waals surface area (Å²) in [6.45, 7) is 6.30. The van der Waals surface area contributed by atoms with Gasteiger partial charge < -0.3 is 15.5 Å². The number of hydrogen-bond donors (Lipinski definition) is 2. The maximum Gasteiger partial charge on any atom is 0.244 e. The van der Waals surface area contributed by atoms with Gasteiger partial charge in [0, 0.05) is 31.9 Å². The maximum absolute atomic E-state index is 12.1. The van der Waals surface area contributed by atoms with Gasteiger partial charge in [-0.3, -0.25) is 4.79 Å². The molecule has 134 valence electrons. The lowest BCUT2D eigenvalue weighted by atomic mass is 10.1. The number of sulfone groups is 1. The number of guanidine groups is 1. The molecule has 1 rings (SSSR count). The van der Waals surface area contributed by atoms with Crippen molar-refractivity contribution in [2.75, 3.05) is 38.2 Å². The Morgan fingerprint density at radius 2 is 1.91 bits per heavy atom. The summed E-state index contributed by atoms with van der Waals surface area (Å²) in [4.78, 5) is 18.3. The van der Waals surface area contributed by atoms with Crippen molar-refractivity contribution in [3.05, 3.63) is 0 Å². The van der Waals surface area contributed by atoms with Gasteiger partial charge in [-0.05, 0) is 39.5 Å². The van der Waals surface area contributed by atoms with Crippen LogP contribution in [0.25, 0.3) is 0 Å². The van der Waals surface area contributed by atoms with E-state index in [2.05, 4.69) is 15.6 Å². The third-order valence-electron chi connectivity index (χ3n) is 3.73. The molecule has 2 N–H and O–H groups in total. The number of rotatable bonds is 7. The summed E-state index contributed by atoms with van der Waals surface area (Å²) in [5.74, 6) is 0.734. The van der Waals surface area contributed by atoms with Crippen LogP contribution in [0.2, 0.25) is 0 Å². The number of carbonyl (C=O) groups excluding carboxylic acids is 1. The van der Waals surface area contributed by atoms with Crippen LogP contribution in [0.1, 0.15) is 39.5 Å². The smallest absolute Gasteiger partial charge is 0.244 e. The molecule has 0 aromatic heterocycles. The van der Waals surface area contributed by atoms with Gasteiger partial charge in [0.25, 0.3) is 0 Å². The molecule has 23 heavy (non-hydrogen) atoms. The summed E-state index contributed by atoms with van der Waals surface area (Å²) < 4.78 is 22.4. The molecule has 0 aromatic rings. The Hall–Kier alpha value is -1.31. The molecule has 0 spiro atoms. The average molecular weight is 346 g/mol. The standard InChI is InChI=1S/C15H30N4O3S/c1-4-16-15(18-13(2)8-11-23(3,21)22)17-12-14(20)19-9-6-5-7-10-19/h13H,4-12H2,1-3H3,(H2,16,17,18). The minimum Gasteiger partial charge on any atom is -0.357 e. The first-order valence-electron chi connectivity index (χ1n) is 8.32. The second-order valence-electron chi connectivity index (χ2n) is 6.10. The van der Waals surface area contributed by atoms with Crippen molar-refractivity contribution in [2.45, 2.75) is 45.6 Å². The number of piperidine rings is 1. The molecule has 1 saturated heterocycles. The molecule has 1 amide bonds. The number of amides is 1. The number of hydrogen-bond acceptors (Lipinski definition) is 4. The number of likely N-dealkylation sites (tertiary alicyclic amines) is 1. The van der Waals surface area contributed by atoms with Crippen LogP contribution < -0.4 is 10.6 Å². The van der Waals surface area contributed by atoms with Crippen LogP contribution in [0.3, 0.4) is 0 Å². The first-order chi connectivity index (χ1) is 10.8. The van der Waals surface area contributed by atoms with Crippen molar-refractivity contribution in [1.29, 1.82) is 0 Å². The topological polar surface area (TPSA) is 90.9 Å². The first kappa shape index (κ1) is 19.7. The van der Waals surface area contributed by atoms with Crippen LogP contribution in [0.5, 0.6) is 0 Å². The lowest BCUT2D eigenvalue weighted by molar-refractivity contribution is -0.130. The Morgan fingerprint density at radius 1 is 1.26 bits per heavy atom. The molecule has 0 bridgehead atoms. The molecule has 1 aliphatic rings. The monoisotopic (exact) mass is 346 g/mol. The Morgan fingerprint density at radius 3 is 2.48 bits per heavy atom. The summed E-state index contributed by atoms with van der Waals surface area (Å²) >= 11 is 0. The van der Waals surface area contributed by atoms with Crippen LogP contribution in [-0.4, -0.2) is 69.4 Å². The van der Waals surface area contributed by atoms with Crippen molar-refractivity contribution in [1.82, 2.24) is 15.5 Å². The summed E-state index contributed by atoms with van der Waals surface area (Å²) in [5, 5.41) is 6.24. The summed E-state index contributed by atoms with van der Waals surface area (Å²) in [6.07, 6.45) is 5.06. The van der Waals surface area contributed by atoms with E-state index in [0.717, 1.165) is 25.9 Å². The number of nitrogens with one attached hydrogen (secondary N) is 2. The fraction of sp³-hybridized carbons (Fsp3) is 0.867. The van der Waals surface area contributed by atoms with Crippen molar-refractivity contribution in [3.63, 3.8) is 0 Å². The number of aliphatic imine (C=N–C) groups is 1. The first-order valence-corrected chi connectivity index (χ1v) is 10.4. The van der Waals surface area contributed by atoms with Gasteiger partial charge in [-0.1, -0.05) is 0 Å². The highest BCUT2D eigenvalue weighted by Gasteiger charge is 2.16. The summed E-state index contributed by atoms with van der Waals surface area (Å²) in [6, 6.07) is -0.0346. The largest absolute Gasteiger partial charge is 0.357 e. The van der Waals surface area contributed by atoms with Crippen LogP contribution in [-0.2, 0) is 14.6 Å². The minimum atomic E-state index is -2.97. The van der Waals surface area contributed by atoms with E-state index in [1.165, 1.54) is 12.7 Å². The van der Waals surface area contributed by atoms with Crippen molar-refractivity contribution >= 4 is 21.7 Å². The van der Waals surface area contributed by atoms with Crippen LogP contribution >= 0.6 is 0 Å². The van der Waals surface area contributed by atoms with E-state index in [9.17, 15) is 13.2 Å². The van der Waals surface area contributed by atoms with Gasteiger partial charge in [0.15, 0.2) is 5.96 Å². The van der Waals surface area contributed by atoms with Gasteiger partial charge in [0.05, 0.1) is 5.75 Å². The third-order valence-corrected chi connectivity index (χ3v) is 4.71. The van der Waals surface area contributed by atoms with E-state index in [1.807, 2.05) is 18.7 Å². The van der Waals surface area contributed by atoms with E-state index in [-0.39, 0.29) is 24.2 Å². The van der Waals surface area contributed by atoms with Crippen LogP contribution in [0, 0.1) is 0 Å². The predicted molar refractivity (Wildman–Crippen MR) is 93.3 cm³/mol. The van der Waals surface area contributed by atoms with Gasteiger partial charge >= 0.3 is 0 Å². The van der Waals surface area contributed by atoms with Crippen molar-refractivity contribution < 1.29 is 13.2 Å². The molecule has 1 atom stereocenters. The SMILES string of the molecule is CCNC(=NCC(=O)N1CCCCC1)NC(C)CCS(C)(=O)=O. The predicted octanol–water partition coefficient (Wildman–Crippen LogP) is 0.377. The van der Waals surface area contributed by atoms with Gasteiger partial charge in [0.1, 0.15) is 16.4 Å². The summed E-state index contributed by atoms with van der Waals surface area (Å²) in [5.41, 5.74) is 0. The maximum atomic E-state index is 12.1. The van der Waals surface area contributed by atoms with E-state index in [1.54, 1.807) is 0 Å². The summed E-state index contributed by atoms with van der Waals surface area (Å²) in [7, 11) is -2.97. The van der Waals surface area contributed by atoms with Gasteiger partial charge in [0.2, 0.25) is 5.91 Å². The lowest BCUT2D eigenvalue weighted by Crippen LogP contribution is -2.44. The third kappa shape index (κ3) is 8.78. The molecule has 1 unspecified atom stereocenters. The second-order valence-corrected chi connectivity index (χ2v) is 8.36. The molecule has 8 heteroatoms. The molecule has 1 fully saturated rings. The quantitative estimate of drug-likeness (QED) is 0.514. The van der Waals surface area contributed by atoms with Gasteiger partial charge in [-0.25, -0.2) is 13.4 Å². The van der Waals surface area contributed by atoms with Gasteiger partial charge in [-0.2, -0.15) is 0 Å². The minimum absolute atomic E-state index is 0.0346. The fourth-order valence-corrected chi connectivity index (χ4v) is 3.19. The van der Waals surface area contributed by atoms with E-state index < -0.39 is 9.84 Å². The normalized spacial score (nSPS) is 17.7. The lowest BCUT2D eigenvalue weighted by Gasteiger charge is -2.26. The molecule has 0 saturated carbocycles. The Labute approximate surface area is 139 Å². The molecular weight excluding hydrogens is 316 g/mol. The highest BCUT2D eigenvalue weighted by Crippen LogP contribution is 2.08. The van der Waals surface area contributed by atoms with Crippen molar-refractivity contribution in [2.24, 2.45) is 4.99 Å². The molecule has 0 aromatic carbocycles. The molecule has 0 aliphatic carbocycles. The zero-order valence-electron chi connectivity index (χ0n) is 14.5. The van der Waals surface area contributed by atoms with E-state index in [0.29, 0.717) is 18.9 Å². The Balaban J connectivity index is 2.49. The average Bonchev–Trinajstić information content (AvgIpc) is 2.51. The zero-order valence-corrected chi connectivity index (χ0v) is 15.3. The number of carbonyl (C=O) groups is 1. The van der Waals surface area contributed by atoms with E-state index >= 15 is 0 Å². The number of nitrogens with zero attached hydrogens (tertiary/aromatic N) is 2. The Kier molecular flexibility index (Phi) is 8.36. The van der Waals surface area contributed by atoms with Gasteiger partial charge in [-0.15, -0.1) is 0 Å². The zero-order chi connectivity index (χ0) is 17.3. The molecule has 0 radical (unpaired) electrons.